The number of carbonyl (C=O) groups is 1. The third-order valence-corrected chi connectivity index (χ3v) is 4.01. The van der Waals surface area contributed by atoms with Gasteiger partial charge in [-0.2, -0.15) is 4.98 Å². The van der Waals surface area contributed by atoms with E-state index in [4.69, 9.17) is 5.11 Å². The van der Waals surface area contributed by atoms with Crippen molar-refractivity contribution in [3.63, 3.8) is 0 Å². The predicted octanol–water partition coefficient (Wildman–Crippen LogP) is -0.881. The second-order valence-corrected chi connectivity index (χ2v) is 5.46. The molecular weight excluding hydrogens is 290 g/mol. The van der Waals surface area contributed by atoms with Gasteiger partial charge in [0.2, 0.25) is 5.95 Å². The third kappa shape index (κ3) is 2.00. The van der Waals surface area contributed by atoms with Gasteiger partial charge in [0.15, 0.2) is 11.2 Å². The Morgan fingerprint density at radius 2 is 1.82 bits per heavy atom. The standard InChI is InChI=1S/C13H17N5O4/c1-15-10-9(11(21)16(2)13(15)22)18(7-8(19)20)12(14-10)17-5-3-4-6-17/h3-7H2,1-2H3,(H,19,20). The van der Waals surface area contributed by atoms with E-state index < -0.39 is 17.2 Å². The fraction of sp³-hybridized carbons (Fsp3) is 0.538. The Kier molecular flexibility index (Phi) is 3.27. The molecule has 0 atom stereocenters. The van der Waals surface area contributed by atoms with Crippen molar-refractivity contribution in [2.45, 2.75) is 19.4 Å². The maximum absolute atomic E-state index is 12.4. The van der Waals surface area contributed by atoms with E-state index in [1.807, 2.05) is 4.90 Å². The number of imidazole rings is 1. The molecule has 118 valence electrons. The molecule has 0 aromatic carbocycles. The largest absolute Gasteiger partial charge is 0.480 e. The topological polar surface area (TPSA) is 102 Å². The van der Waals surface area contributed by atoms with Crippen LogP contribution in [0.1, 0.15) is 12.8 Å². The lowest BCUT2D eigenvalue weighted by atomic mass is 10.4. The summed E-state index contributed by atoms with van der Waals surface area (Å²) in [6, 6.07) is 0. The third-order valence-electron chi connectivity index (χ3n) is 4.01. The van der Waals surface area contributed by atoms with Crippen molar-refractivity contribution >= 4 is 23.1 Å². The summed E-state index contributed by atoms with van der Waals surface area (Å²) >= 11 is 0. The van der Waals surface area contributed by atoms with Crippen molar-refractivity contribution in [2.75, 3.05) is 18.0 Å². The van der Waals surface area contributed by atoms with Gasteiger partial charge in [-0.25, -0.2) is 4.79 Å². The van der Waals surface area contributed by atoms with Gasteiger partial charge in [0, 0.05) is 27.2 Å². The molecule has 0 unspecified atom stereocenters. The molecule has 0 amide bonds. The lowest BCUT2D eigenvalue weighted by Gasteiger charge is -2.17. The normalized spacial score (nSPS) is 14.9. The van der Waals surface area contributed by atoms with E-state index in [0.717, 1.165) is 30.5 Å². The van der Waals surface area contributed by atoms with Crippen LogP contribution in [0.3, 0.4) is 0 Å². The average Bonchev–Trinajstić information content (AvgIpc) is 3.10. The quantitative estimate of drug-likeness (QED) is 0.790. The number of nitrogens with zero attached hydrogens (tertiary/aromatic N) is 5. The molecule has 22 heavy (non-hydrogen) atoms. The Hall–Kier alpha value is -2.58. The fourth-order valence-electron chi connectivity index (χ4n) is 2.88. The summed E-state index contributed by atoms with van der Waals surface area (Å²) in [5, 5.41) is 9.15. The highest BCUT2D eigenvalue weighted by Crippen LogP contribution is 2.23. The summed E-state index contributed by atoms with van der Waals surface area (Å²) in [6.07, 6.45) is 1.99. The van der Waals surface area contributed by atoms with Crippen LogP contribution in [0.5, 0.6) is 0 Å². The van der Waals surface area contributed by atoms with Gasteiger partial charge in [0.1, 0.15) is 6.54 Å². The molecule has 0 saturated carbocycles. The number of aryl methyl sites for hydroxylation is 1. The van der Waals surface area contributed by atoms with Gasteiger partial charge >= 0.3 is 11.7 Å². The summed E-state index contributed by atoms with van der Waals surface area (Å²) < 4.78 is 3.63. The van der Waals surface area contributed by atoms with E-state index in [1.54, 1.807) is 0 Å². The molecule has 0 spiro atoms. The number of aliphatic carboxylic acids is 1. The van der Waals surface area contributed by atoms with Crippen LogP contribution in [0.2, 0.25) is 0 Å². The number of carboxylic acid groups (broad SMARTS) is 1. The molecule has 9 nitrogen and oxygen atoms in total. The minimum atomic E-state index is -1.06. The van der Waals surface area contributed by atoms with Crippen molar-refractivity contribution in [3.8, 4) is 0 Å². The Bertz CT molecular complexity index is 869. The zero-order valence-electron chi connectivity index (χ0n) is 12.4. The monoisotopic (exact) mass is 307 g/mol. The SMILES string of the molecule is Cn1c(=O)c2c(nc(N3CCCC3)n2CC(=O)O)n(C)c1=O. The molecule has 2 aromatic rings. The highest BCUT2D eigenvalue weighted by molar-refractivity contribution is 5.78. The maximum atomic E-state index is 12.4. The summed E-state index contributed by atoms with van der Waals surface area (Å²) in [5.41, 5.74) is -0.645. The van der Waals surface area contributed by atoms with E-state index in [0.29, 0.717) is 5.95 Å². The van der Waals surface area contributed by atoms with Gasteiger partial charge in [-0.1, -0.05) is 0 Å². The van der Waals surface area contributed by atoms with Crippen molar-refractivity contribution in [3.05, 3.63) is 20.8 Å². The predicted molar refractivity (Wildman–Crippen MR) is 79.3 cm³/mol. The number of hydrogen-bond acceptors (Lipinski definition) is 5. The molecule has 3 heterocycles. The van der Waals surface area contributed by atoms with Crippen molar-refractivity contribution in [1.29, 1.82) is 0 Å². The van der Waals surface area contributed by atoms with E-state index in [1.165, 1.54) is 23.2 Å². The van der Waals surface area contributed by atoms with Crippen LogP contribution in [0.15, 0.2) is 9.59 Å². The van der Waals surface area contributed by atoms with Crippen LogP contribution in [0.4, 0.5) is 5.95 Å². The first-order valence-electron chi connectivity index (χ1n) is 7.05. The van der Waals surface area contributed by atoms with Crippen LogP contribution < -0.4 is 16.1 Å². The number of anilines is 1. The van der Waals surface area contributed by atoms with E-state index in [9.17, 15) is 14.4 Å². The van der Waals surface area contributed by atoms with Crippen LogP contribution in [-0.4, -0.2) is 42.9 Å². The highest BCUT2D eigenvalue weighted by Gasteiger charge is 2.25. The maximum Gasteiger partial charge on any atom is 0.332 e. The lowest BCUT2D eigenvalue weighted by molar-refractivity contribution is -0.137. The molecule has 0 bridgehead atoms. The van der Waals surface area contributed by atoms with Crippen LogP contribution in [0.25, 0.3) is 11.2 Å². The zero-order valence-corrected chi connectivity index (χ0v) is 12.4. The summed E-state index contributed by atoms with van der Waals surface area (Å²) in [4.78, 5) is 41.9. The second-order valence-electron chi connectivity index (χ2n) is 5.46. The fourth-order valence-corrected chi connectivity index (χ4v) is 2.88. The molecule has 1 N–H and O–H groups in total. The number of hydrogen-bond donors (Lipinski definition) is 1. The molecule has 0 radical (unpaired) electrons. The Labute approximate surface area is 125 Å². The van der Waals surface area contributed by atoms with Gasteiger partial charge in [-0.3, -0.25) is 23.3 Å². The Balaban J connectivity index is 2.38. The second kappa shape index (κ2) is 5.00. The van der Waals surface area contributed by atoms with Crippen molar-refractivity contribution in [2.24, 2.45) is 14.1 Å². The van der Waals surface area contributed by atoms with Crippen molar-refractivity contribution in [1.82, 2.24) is 18.7 Å². The minimum absolute atomic E-state index is 0.147. The first kappa shape index (κ1) is 14.4. The summed E-state index contributed by atoms with van der Waals surface area (Å²) in [6.45, 7) is 1.16. The lowest BCUT2D eigenvalue weighted by Crippen LogP contribution is -2.37. The van der Waals surface area contributed by atoms with E-state index in [2.05, 4.69) is 4.98 Å². The number of fused-ring (bicyclic) bond motifs is 1. The van der Waals surface area contributed by atoms with Crippen LogP contribution in [0, 0.1) is 0 Å². The molecular formula is C13H17N5O4. The summed E-state index contributed by atoms with van der Waals surface area (Å²) in [7, 11) is 2.90. The smallest absolute Gasteiger partial charge is 0.332 e. The molecule has 1 aliphatic heterocycles. The molecule has 1 fully saturated rings. The van der Waals surface area contributed by atoms with Crippen LogP contribution >= 0.6 is 0 Å². The average molecular weight is 307 g/mol. The Morgan fingerprint density at radius 1 is 1.18 bits per heavy atom. The van der Waals surface area contributed by atoms with E-state index >= 15 is 0 Å². The molecule has 1 aliphatic rings. The zero-order chi connectivity index (χ0) is 16.0. The van der Waals surface area contributed by atoms with Gasteiger partial charge in [0.05, 0.1) is 0 Å². The van der Waals surface area contributed by atoms with Gasteiger partial charge in [-0.05, 0) is 12.8 Å². The van der Waals surface area contributed by atoms with Crippen molar-refractivity contribution < 1.29 is 9.90 Å². The van der Waals surface area contributed by atoms with Gasteiger partial charge < -0.3 is 10.0 Å². The highest BCUT2D eigenvalue weighted by atomic mass is 16.4. The van der Waals surface area contributed by atoms with E-state index in [-0.39, 0.29) is 17.7 Å². The number of carboxylic acids is 1. The molecule has 1 saturated heterocycles. The Morgan fingerprint density at radius 3 is 2.41 bits per heavy atom. The van der Waals surface area contributed by atoms with Crippen LogP contribution in [-0.2, 0) is 25.4 Å². The number of rotatable bonds is 3. The summed E-state index contributed by atoms with van der Waals surface area (Å²) in [5.74, 6) is -0.621. The van der Waals surface area contributed by atoms with Gasteiger partial charge in [0.25, 0.3) is 5.56 Å². The molecule has 3 rings (SSSR count). The molecule has 2 aromatic heterocycles. The number of aromatic nitrogens is 4. The van der Waals surface area contributed by atoms with Gasteiger partial charge in [-0.15, -0.1) is 0 Å². The minimum Gasteiger partial charge on any atom is -0.480 e. The first-order chi connectivity index (χ1) is 10.4. The first-order valence-corrected chi connectivity index (χ1v) is 7.05. The molecule has 9 heteroatoms. The molecule has 0 aliphatic carbocycles.